The summed E-state index contributed by atoms with van der Waals surface area (Å²) in [6.45, 7) is 3.88. The molecule has 9 heteroatoms. The molecule has 0 saturated heterocycles. The molecule has 0 amide bonds. The molecular formula is C25H22N2O5S2. The Balaban J connectivity index is 1.85. The summed E-state index contributed by atoms with van der Waals surface area (Å²) >= 11 is 2.74. The van der Waals surface area contributed by atoms with Gasteiger partial charge in [-0.3, -0.25) is 9.36 Å². The van der Waals surface area contributed by atoms with Gasteiger partial charge in [-0.2, -0.15) is 0 Å². The van der Waals surface area contributed by atoms with Gasteiger partial charge in [-0.05, 0) is 49.1 Å². The zero-order valence-electron chi connectivity index (χ0n) is 18.9. The number of nitrogens with zero attached hydrogens (tertiary/aromatic N) is 2. The summed E-state index contributed by atoms with van der Waals surface area (Å²) in [5.41, 5.74) is 1.44. The summed E-state index contributed by atoms with van der Waals surface area (Å²) in [6, 6.07) is 8.55. The first-order valence-electron chi connectivity index (χ1n) is 10.5. The fourth-order valence-corrected chi connectivity index (χ4v) is 5.54. The molecule has 4 rings (SSSR count). The Hall–Kier alpha value is -3.61. The molecular weight excluding hydrogens is 472 g/mol. The lowest BCUT2D eigenvalue weighted by molar-refractivity contribution is -0.139. The number of allylic oxidation sites excluding steroid dienone is 1. The Morgan fingerprint density at radius 2 is 2.15 bits per heavy atom. The molecule has 0 spiro atoms. The molecule has 1 aliphatic heterocycles. The van der Waals surface area contributed by atoms with Crippen LogP contribution >= 0.6 is 22.7 Å². The van der Waals surface area contributed by atoms with Crippen LogP contribution in [0.4, 0.5) is 0 Å². The molecule has 1 aliphatic rings. The molecule has 7 nitrogen and oxygen atoms in total. The highest BCUT2D eigenvalue weighted by Crippen LogP contribution is 2.33. The highest BCUT2D eigenvalue weighted by Gasteiger charge is 2.33. The Morgan fingerprint density at radius 1 is 1.32 bits per heavy atom. The van der Waals surface area contributed by atoms with Crippen LogP contribution in [0.3, 0.4) is 0 Å². The van der Waals surface area contributed by atoms with Crippen molar-refractivity contribution in [2.75, 3.05) is 20.3 Å². The van der Waals surface area contributed by atoms with E-state index >= 15 is 0 Å². The lowest BCUT2D eigenvalue weighted by atomic mass is 10.0. The number of thiazole rings is 1. The van der Waals surface area contributed by atoms with Gasteiger partial charge < -0.3 is 14.2 Å². The molecule has 0 bridgehead atoms. The minimum atomic E-state index is -0.591. The average Bonchev–Trinajstić information content (AvgIpc) is 3.46. The molecule has 174 valence electrons. The van der Waals surface area contributed by atoms with Crippen LogP contribution in [0, 0.1) is 12.3 Å². The number of rotatable bonds is 7. The lowest BCUT2D eigenvalue weighted by Crippen LogP contribution is -2.39. The normalized spacial score (nSPS) is 15.4. The first-order chi connectivity index (χ1) is 16.5. The predicted molar refractivity (Wildman–Crippen MR) is 132 cm³/mol. The fraction of sp³-hybridized carbons (Fsp3) is 0.240. The number of ether oxygens (including phenoxy) is 3. The number of hydrogen-bond donors (Lipinski definition) is 0. The second-order valence-electron chi connectivity index (χ2n) is 7.22. The molecule has 1 aromatic carbocycles. The van der Waals surface area contributed by atoms with Gasteiger partial charge in [0, 0.05) is 4.88 Å². The first kappa shape index (κ1) is 23.5. The van der Waals surface area contributed by atoms with Gasteiger partial charge in [0.15, 0.2) is 16.3 Å². The van der Waals surface area contributed by atoms with Gasteiger partial charge in [-0.1, -0.05) is 29.4 Å². The third-order valence-electron chi connectivity index (χ3n) is 5.13. The maximum absolute atomic E-state index is 13.6. The van der Waals surface area contributed by atoms with Crippen molar-refractivity contribution in [1.29, 1.82) is 0 Å². The number of methoxy groups -OCH3 is 1. The van der Waals surface area contributed by atoms with Crippen molar-refractivity contribution in [3.63, 3.8) is 0 Å². The van der Waals surface area contributed by atoms with E-state index < -0.39 is 12.0 Å². The van der Waals surface area contributed by atoms with Crippen LogP contribution in [-0.2, 0) is 9.53 Å². The van der Waals surface area contributed by atoms with Gasteiger partial charge >= 0.3 is 5.97 Å². The molecule has 0 unspecified atom stereocenters. The van der Waals surface area contributed by atoms with E-state index in [0.717, 1.165) is 10.4 Å². The Labute approximate surface area is 204 Å². The molecule has 1 atom stereocenters. The van der Waals surface area contributed by atoms with Gasteiger partial charge in [0.05, 0.1) is 29.5 Å². The van der Waals surface area contributed by atoms with Crippen molar-refractivity contribution in [2.45, 2.75) is 19.9 Å². The van der Waals surface area contributed by atoms with Crippen LogP contribution in [0.25, 0.3) is 6.08 Å². The van der Waals surface area contributed by atoms with Crippen molar-refractivity contribution in [3.8, 4) is 23.8 Å². The van der Waals surface area contributed by atoms with E-state index in [1.807, 2.05) is 23.6 Å². The summed E-state index contributed by atoms with van der Waals surface area (Å²) in [5.74, 6) is 2.98. The van der Waals surface area contributed by atoms with Crippen molar-refractivity contribution in [1.82, 2.24) is 4.57 Å². The van der Waals surface area contributed by atoms with E-state index in [4.69, 9.17) is 20.6 Å². The number of terminal acetylenes is 1. The van der Waals surface area contributed by atoms with Crippen LogP contribution in [0.15, 0.2) is 56.8 Å². The van der Waals surface area contributed by atoms with Crippen LogP contribution in [0.5, 0.6) is 11.5 Å². The standard InChI is InChI=1S/C25H22N2O5S2/c1-5-11-32-17-10-9-16(13-18(17)30-4)14-20-23(28)27-22(19-8-7-12-33-19)21(24(29)31-6-2)15(3)26-25(27)34-20/h1,7-10,12-14,22H,6,11H2,2-4H3/b20-14-/t22-/m0/s1. The predicted octanol–water partition coefficient (Wildman–Crippen LogP) is 2.88. The van der Waals surface area contributed by atoms with Crippen LogP contribution in [0.2, 0.25) is 0 Å². The molecule has 0 radical (unpaired) electrons. The van der Waals surface area contributed by atoms with Gasteiger partial charge in [-0.25, -0.2) is 9.79 Å². The molecule has 3 aromatic rings. The van der Waals surface area contributed by atoms with Crippen LogP contribution in [-0.4, -0.2) is 30.9 Å². The molecule has 0 N–H and O–H groups in total. The van der Waals surface area contributed by atoms with Crippen molar-refractivity contribution in [2.24, 2.45) is 4.99 Å². The minimum Gasteiger partial charge on any atom is -0.493 e. The van der Waals surface area contributed by atoms with Gasteiger partial charge in [-0.15, -0.1) is 17.8 Å². The third kappa shape index (κ3) is 4.42. The second-order valence-corrected chi connectivity index (χ2v) is 9.21. The van der Waals surface area contributed by atoms with E-state index in [2.05, 4.69) is 10.9 Å². The number of fused-ring (bicyclic) bond motifs is 1. The molecule has 0 aliphatic carbocycles. The number of hydrogen-bond acceptors (Lipinski definition) is 8. The Morgan fingerprint density at radius 3 is 2.82 bits per heavy atom. The topological polar surface area (TPSA) is 79.1 Å². The highest BCUT2D eigenvalue weighted by atomic mass is 32.1. The molecule has 2 aromatic heterocycles. The maximum atomic E-state index is 13.6. The van der Waals surface area contributed by atoms with E-state index in [1.54, 1.807) is 36.6 Å². The van der Waals surface area contributed by atoms with Crippen molar-refractivity contribution < 1.29 is 19.0 Å². The summed E-state index contributed by atoms with van der Waals surface area (Å²) in [6.07, 6.45) is 7.04. The smallest absolute Gasteiger partial charge is 0.338 e. The number of benzene rings is 1. The van der Waals surface area contributed by atoms with Crippen LogP contribution in [0.1, 0.15) is 30.3 Å². The minimum absolute atomic E-state index is 0.124. The quantitative estimate of drug-likeness (QED) is 0.373. The third-order valence-corrected chi connectivity index (χ3v) is 7.03. The van der Waals surface area contributed by atoms with Gasteiger partial charge in [0.2, 0.25) is 0 Å². The Kier molecular flexibility index (Phi) is 7.01. The number of carbonyl (C=O) groups is 1. The molecule has 0 saturated carbocycles. The van der Waals surface area contributed by atoms with E-state index in [1.165, 1.54) is 29.8 Å². The SMILES string of the molecule is C#CCOc1ccc(/C=c2\sc3n(c2=O)[C@@H](c2cccs2)C(C(=O)OCC)=C(C)N=3)cc1OC. The summed E-state index contributed by atoms with van der Waals surface area (Å²) < 4.78 is 18.2. The van der Waals surface area contributed by atoms with E-state index in [0.29, 0.717) is 32.1 Å². The number of carbonyl (C=O) groups excluding carboxylic acids is 1. The molecule has 0 fully saturated rings. The molecule has 3 heterocycles. The largest absolute Gasteiger partial charge is 0.493 e. The zero-order valence-corrected chi connectivity index (χ0v) is 20.5. The molecule has 34 heavy (non-hydrogen) atoms. The highest BCUT2D eigenvalue weighted by molar-refractivity contribution is 7.10. The van der Waals surface area contributed by atoms with Crippen LogP contribution < -0.4 is 24.4 Å². The summed E-state index contributed by atoms with van der Waals surface area (Å²) in [4.78, 5) is 32.3. The number of aromatic nitrogens is 1. The zero-order chi connectivity index (χ0) is 24.2. The van der Waals surface area contributed by atoms with Crippen molar-refractivity contribution >= 4 is 34.7 Å². The Bertz CT molecular complexity index is 1470. The monoisotopic (exact) mass is 494 g/mol. The maximum Gasteiger partial charge on any atom is 0.338 e. The van der Waals surface area contributed by atoms with E-state index in [9.17, 15) is 9.59 Å². The number of thiophene rings is 1. The van der Waals surface area contributed by atoms with E-state index in [-0.39, 0.29) is 18.8 Å². The number of esters is 1. The lowest BCUT2D eigenvalue weighted by Gasteiger charge is -2.23. The summed E-state index contributed by atoms with van der Waals surface area (Å²) in [7, 11) is 1.54. The first-order valence-corrected chi connectivity index (χ1v) is 12.2. The van der Waals surface area contributed by atoms with Gasteiger partial charge in [0.25, 0.3) is 5.56 Å². The average molecular weight is 495 g/mol. The fourth-order valence-electron chi connectivity index (χ4n) is 3.67. The van der Waals surface area contributed by atoms with Gasteiger partial charge in [0.1, 0.15) is 12.6 Å². The second kappa shape index (κ2) is 10.1. The summed E-state index contributed by atoms with van der Waals surface area (Å²) in [5, 5.41) is 1.92. The van der Waals surface area contributed by atoms with Crippen molar-refractivity contribution in [3.05, 3.63) is 77.1 Å².